The third-order valence-electron chi connectivity index (χ3n) is 4.24. The minimum atomic E-state index is 0.0121. The molecule has 0 aliphatic carbocycles. The number of benzene rings is 2. The van der Waals surface area contributed by atoms with Crippen LogP contribution in [-0.4, -0.2) is 17.4 Å². The van der Waals surface area contributed by atoms with Crippen molar-refractivity contribution in [1.29, 1.82) is 5.26 Å². The van der Waals surface area contributed by atoms with Gasteiger partial charge in [-0.05, 0) is 54.8 Å². The van der Waals surface area contributed by atoms with E-state index in [0.29, 0.717) is 11.1 Å². The van der Waals surface area contributed by atoms with Crippen molar-refractivity contribution in [3.8, 4) is 18.4 Å². The minimum absolute atomic E-state index is 0.0121. The average molecular weight is 300 g/mol. The molecule has 0 aromatic heterocycles. The minimum Gasteiger partial charge on any atom is -0.332 e. The van der Waals surface area contributed by atoms with Gasteiger partial charge in [0, 0.05) is 17.7 Å². The molecule has 112 valence electrons. The Bertz CT molecular complexity index is 792. The maximum absolute atomic E-state index is 12.8. The molecule has 2 aromatic carbocycles. The van der Waals surface area contributed by atoms with E-state index in [0.717, 1.165) is 30.5 Å². The van der Waals surface area contributed by atoms with Crippen LogP contribution in [0.2, 0.25) is 0 Å². The van der Waals surface area contributed by atoms with Crippen LogP contribution in [0.25, 0.3) is 0 Å². The maximum Gasteiger partial charge on any atom is 0.254 e. The number of rotatable bonds is 2. The number of hydrogen-bond donors (Lipinski definition) is 0. The van der Waals surface area contributed by atoms with E-state index in [9.17, 15) is 4.79 Å². The largest absolute Gasteiger partial charge is 0.332 e. The van der Waals surface area contributed by atoms with E-state index in [1.165, 1.54) is 0 Å². The molecule has 3 rings (SSSR count). The standard InChI is InChI=1S/C20H16N2O/c1-2-15-5-9-17(10-6-15)19-4-3-13-22(19)20(23)18-11-7-16(14-21)8-12-18/h1,5-12,19H,3-4,13H2. The zero-order valence-corrected chi connectivity index (χ0v) is 12.7. The van der Waals surface area contributed by atoms with Crippen LogP contribution in [0, 0.1) is 23.7 Å². The number of terminal acetylenes is 1. The zero-order chi connectivity index (χ0) is 16.2. The van der Waals surface area contributed by atoms with Crippen molar-refractivity contribution in [1.82, 2.24) is 4.90 Å². The smallest absolute Gasteiger partial charge is 0.254 e. The van der Waals surface area contributed by atoms with Gasteiger partial charge in [0.25, 0.3) is 5.91 Å². The van der Waals surface area contributed by atoms with Gasteiger partial charge >= 0.3 is 0 Å². The summed E-state index contributed by atoms with van der Waals surface area (Å²) in [5.41, 5.74) is 3.14. The van der Waals surface area contributed by atoms with E-state index >= 15 is 0 Å². The number of nitriles is 1. The number of likely N-dealkylation sites (tertiary alicyclic amines) is 1. The van der Waals surface area contributed by atoms with Gasteiger partial charge in [-0.15, -0.1) is 6.42 Å². The first-order valence-corrected chi connectivity index (χ1v) is 7.60. The molecule has 2 aromatic rings. The lowest BCUT2D eigenvalue weighted by Gasteiger charge is -2.25. The molecule has 23 heavy (non-hydrogen) atoms. The van der Waals surface area contributed by atoms with E-state index in [4.69, 9.17) is 11.7 Å². The molecule has 3 heteroatoms. The molecule has 0 N–H and O–H groups in total. The quantitative estimate of drug-likeness (QED) is 0.797. The van der Waals surface area contributed by atoms with Crippen LogP contribution in [0.4, 0.5) is 0 Å². The molecule has 1 aliphatic heterocycles. The third-order valence-corrected chi connectivity index (χ3v) is 4.24. The Kier molecular flexibility index (Phi) is 4.13. The van der Waals surface area contributed by atoms with Crippen molar-refractivity contribution in [2.45, 2.75) is 18.9 Å². The van der Waals surface area contributed by atoms with Crippen molar-refractivity contribution in [2.24, 2.45) is 0 Å². The summed E-state index contributed by atoms with van der Waals surface area (Å²) >= 11 is 0. The number of hydrogen-bond acceptors (Lipinski definition) is 2. The van der Waals surface area contributed by atoms with Gasteiger partial charge in [-0.2, -0.15) is 5.26 Å². The second-order valence-corrected chi connectivity index (χ2v) is 5.61. The fourth-order valence-electron chi connectivity index (χ4n) is 3.01. The molecule has 1 atom stereocenters. The first kappa shape index (κ1) is 14.9. The van der Waals surface area contributed by atoms with Gasteiger partial charge in [0.15, 0.2) is 0 Å². The van der Waals surface area contributed by atoms with Crippen molar-refractivity contribution in [3.05, 3.63) is 70.8 Å². The molecule has 1 saturated heterocycles. The highest BCUT2D eigenvalue weighted by Gasteiger charge is 2.30. The summed E-state index contributed by atoms with van der Waals surface area (Å²) in [4.78, 5) is 14.7. The Morgan fingerprint density at radius 2 is 1.74 bits per heavy atom. The van der Waals surface area contributed by atoms with Crippen LogP contribution in [0.5, 0.6) is 0 Å². The van der Waals surface area contributed by atoms with Crippen LogP contribution < -0.4 is 0 Å². The van der Waals surface area contributed by atoms with E-state index < -0.39 is 0 Å². The Labute approximate surface area is 136 Å². The summed E-state index contributed by atoms with van der Waals surface area (Å²) in [5.74, 6) is 2.62. The monoisotopic (exact) mass is 300 g/mol. The Morgan fingerprint density at radius 1 is 1.09 bits per heavy atom. The molecule has 1 unspecified atom stereocenters. The summed E-state index contributed by atoms with van der Waals surface area (Å²) in [7, 11) is 0. The summed E-state index contributed by atoms with van der Waals surface area (Å²) < 4.78 is 0. The number of nitrogens with zero attached hydrogens (tertiary/aromatic N) is 2. The van der Waals surface area contributed by atoms with Crippen LogP contribution in [0.1, 0.15) is 45.9 Å². The van der Waals surface area contributed by atoms with Crippen molar-refractivity contribution < 1.29 is 4.79 Å². The average Bonchev–Trinajstić information content (AvgIpc) is 3.11. The predicted molar refractivity (Wildman–Crippen MR) is 88.5 cm³/mol. The van der Waals surface area contributed by atoms with Crippen LogP contribution in [0.15, 0.2) is 48.5 Å². The highest BCUT2D eigenvalue weighted by molar-refractivity contribution is 5.94. The van der Waals surface area contributed by atoms with Gasteiger partial charge in [0.05, 0.1) is 17.7 Å². The SMILES string of the molecule is C#Cc1ccc(C2CCCN2C(=O)c2ccc(C#N)cc2)cc1. The first-order chi connectivity index (χ1) is 11.2. The highest BCUT2D eigenvalue weighted by Crippen LogP contribution is 2.33. The van der Waals surface area contributed by atoms with Crippen molar-refractivity contribution in [2.75, 3.05) is 6.54 Å². The highest BCUT2D eigenvalue weighted by atomic mass is 16.2. The summed E-state index contributed by atoms with van der Waals surface area (Å²) in [5, 5.41) is 8.85. The van der Waals surface area contributed by atoms with Crippen LogP contribution in [0.3, 0.4) is 0 Å². The van der Waals surface area contributed by atoms with Gasteiger partial charge in [-0.3, -0.25) is 4.79 Å². The number of amides is 1. The van der Waals surface area contributed by atoms with E-state index in [-0.39, 0.29) is 11.9 Å². The topological polar surface area (TPSA) is 44.1 Å². The van der Waals surface area contributed by atoms with Gasteiger partial charge in [-0.25, -0.2) is 0 Å². The normalized spacial score (nSPS) is 16.6. The molecule has 0 bridgehead atoms. The number of carbonyl (C=O) groups is 1. The van der Waals surface area contributed by atoms with Crippen LogP contribution >= 0.6 is 0 Å². The summed E-state index contributed by atoms with van der Waals surface area (Å²) in [6, 6.07) is 16.8. The van der Waals surface area contributed by atoms with Gasteiger partial charge in [0.2, 0.25) is 0 Å². The molecular formula is C20H16N2O. The van der Waals surface area contributed by atoms with E-state index in [2.05, 4.69) is 12.0 Å². The second-order valence-electron chi connectivity index (χ2n) is 5.61. The fraction of sp³-hybridized carbons (Fsp3) is 0.200. The molecule has 0 spiro atoms. The van der Waals surface area contributed by atoms with Gasteiger partial charge in [-0.1, -0.05) is 18.1 Å². The molecule has 3 nitrogen and oxygen atoms in total. The Morgan fingerprint density at radius 3 is 2.35 bits per heavy atom. The lowest BCUT2D eigenvalue weighted by atomic mass is 10.0. The lowest BCUT2D eigenvalue weighted by Crippen LogP contribution is -2.30. The molecule has 1 amide bonds. The zero-order valence-electron chi connectivity index (χ0n) is 12.7. The first-order valence-electron chi connectivity index (χ1n) is 7.60. The van der Waals surface area contributed by atoms with E-state index in [1.54, 1.807) is 24.3 Å². The molecule has 1 aliphatic rings. The Hall–Kier alpha value is -3.04. The molecule has 1 heterocycles. The van der Waals surface area contributed by atoms with E-state index in [1.807, 2.05) is 29.2 Å². The van der Waals surface area contributed by atoms with Gasteiger partial charge < -0.3 is 4.90 Å². The van der Waals surface area contributed by atoms with Gasteiger partial charge in [0.1, 0.15) is 0 Å². The molecule has 0 radical (unpaired) electrons. The third kappa shape index (κ3) is 2.96. The molecular weight excluding hydrogens is 284 g/mol. The van der Waals surface area contributed by atoms with Crippen LogP contribution in [-0.2, 0) is 0 Å². The molecule has 1 fully saturated rings. The predicted octanol–water partition coefficient (Wildman–Crippen LogP) is 3.52. The lowest BCUT2D eigenvalue weighted by molar-refractivity contribution is 0.0735. The Balaban J connectivity index is 1.84. The molecule has 0 saturated carbocycles. The van der Waals surface area contributed by atoms with Crippen molar-refractivity contribution in [3.63, 3.8) is 0 Å². The fourth-order valence-corrected chi connectivity index (χ4v) is 3.01. The number of carbonyl (C=O) groups excluding carboxylic acids is 1. The summed E-state index contributed by atoms with van der Waals surface area (Å²) in [6.07, 6.45) is 7.34. The van der Waals surface area contributed by atoms with Crippen molar-refractivity contribution >= 4 is 5.91 Å². The maximum atomic E-state index is 12.8. The second kappa shape index (κ2) is 6.38. The summed E-state index contributed by atoms with van der Waals surface area (Å²) in [6.45, 7) is 0.750.